The second-order valence-corrected chi connectivity index (χ2v) is 10.4. The number of carbonyl (C=O) groups is 2. The number of benzene rings is 1. The normalized spacial score (nSPS) is 28.7. The highest BCUT2D eigenvalue weighted by molar-refractivity contribution is 6.13. The fourth-order valence-electron chi connectivity index (χ4n) is 6.25. The standard InChI is InChI=1S/C26H36N4O2/c27-25-26(32)30(17-24(31)29-15-19-10-11-20(16-29)13-12-19)23-9-5-4-8-21(23)22(28-25)14-18-6-2-1-3-7-18/h4-5,8-9,18-20,25H,1-3,6-7,10-17,27H2/t19?,20?,25-/m0/s1. The highest BCUT2D eigenvalue weighted by Crippen LogP contribution is 2.35. The molecule has 2 saturated carbocycles. The van der Waals surface area contributed by atoms with Crippen molar-refractivity contribution in [1.82, 2.24) is 4.90 Å². The van der Waals surface area contributed by atoms with Gasteiger partial charge in [0.1, 0.15) is 6.54 Å². The number of hydrogen-bond donors (Lipinski definition) is 1. The van der Waals surface area contributed by atoms with E-state index in [1.807, 2.05) is 29.2 Å². The van der Waals surface area contributed by atoms with Crippen LogP contribution in [0.25, 0.3) is 0 Å². The van der Waals surface area contributed by atoms with Crippen LogP contribution in [0.3, 0.4) is 0 Å². The van der Waals surface area contributed by atoms with E-state index in [0.29, 0.717) is 17.8 Å². The van der Waals surface area contributed by atoms with Gasteiger partial charge in [-0.05, 0) is 55.9 Å². The third-order valence-electron chi connectivity index (χ3n) is 8.10. The van der Waals surface area contributed by atoms with E-state index in [0.717, 1.165) is 36.5 Å². The van der Waals surface area contributed by atoms with Gasteiger partial charge in [-0.1, -0.05) is 50.3 Å². The summed E-state index contributed by atoms with van der Waals surface area (Å²) in [7, 11) is 0. The Morgan fingerprint density at radius 2 is 1.62 bits per heavy atom. The Labute approximate surface area is 191 Å². The average molecular weight is 437 g/mol. The average Bonchev–Trinajstić information content (AvgIpc) is 3.19. The van der Waals surface area contributed by atoms with E-state index in [1.54, 1.807) is 4.90 Å². The fourth-order valence-corrected chi connectivity index (χ4v) is 6.25. The number of carbonyl (C=O) groups excluding carboxylic acids is 2. The van der Waals surface area contributed by atoms with Crippen molar-refractivity contribution in [3.8, 4) is 0 Å². The van der Waals surface area contributed by atoms with Crippen LogP contribution in [0.5, 0.6) is 0 Å². The van der Waals surface area contributed by atoms with Gasteiger partial charge in [0.15, 0.2) is 6.17 Å². The molecule has 2 bridgehead atoms. The molecule has 5 aliphatic rings. The van der Waals surface area contributed by atoms with Crippen LogP contribution in [0.15, 0.2) is 29.3 Å². The van der Waals surface area contributed by atoms with Crippen LogP contribution in [0.4, 0.5) is 5.69 Å². The summed E-state index contributed by atoms with van der Waals surface area (Å²) in [5, 5.41) is 0. The largest absolute Gasteiger partial charge is 0.341 e. The van der Waals surface area contributed by atoms with Crippen molar-refractivity contribution in [1.29, 1.82) is 0 Å². The van der Waals surface area contributed by atoms with Crippen molar-refractivity contribution in [3.63, 3.8) is 0 Å². The summed E-state index contributed by atoms with van der Waals surface area (Å²) in [4.78, 5) is 35.0. The Balaban J connectivity index is 1.39. The molecule has 0 spiro atoms. The molecule has 3 aliphatic heterocycles. The minimum absolute atomic E-state index is 0.0369. The summed E-state index contributed by atoms with van der Waals surface area (Å²) in [6.45, 7) is 1.71. The molecule has 172 valence electrons. The number of para-hydroxylation sites is 1. The second-order valence-electron chi connectivity index (χ2n) is 10.4. The topological polar surface area (TPSA) is 79.0 Å². The third kappa shape index (κ3) is 4.47. The number of nitrogens with two attached hydrogens (primary N) is 1. The van der Waals surface area contributed by atoms with Gasteiger partial charge >= 0.3 is 0 Å². The van der Waals surface area contributed by atoms with Crippen LogP contribution >= 0.6 is 0 Å². The lowest BCUT2D eigenvalue weighted by molar-refractivity contribution is -0.132. The third-order valence-corrected chi connectivity index (χ3v) is 8.10. The van der Waals surface area contributed by atoms with E-state index < -0.39 is 6.17 Å². The molecule has 2 N–H and O–H groups in total. The van der Waals surface area contributed by atoms with Crippen molar-refractivity contribution >= 4 is 23.2 Å². The molecule has 0 radical (unpaired) electrons. The predicted molar refractivity (Wildman–Crippen MR) is 127 cm³/mol. The van der Waals surface area contributed by atoms with E-state index in [1.165, 1.54) is 57.8 Å². The van der Waals surface area contributed by atoms with E-state index >= 15 is 0 Å². The summed E-state index contributed by atoms with van der Waals surface area (Å²) in [6, 6.07) is 7.90. The van der Waals surface area contributed by atoms with E-state index in [2.05, 4.69) is 4.99 Å². The van der Waals surface area contributed by atoms with Gasteiger partial charge < -0.3 is 10.6 Å². The molecular formula is C26H36N4O2. The first-order valence-corrected chi connectivity index (χ1v) is 12.6. The van der Waals surface area contributed by atoms with Gasteiger partial charge in [0, 0.05) is 24.4 Å². The van der Waals surface area contributed by atoms with Gasteiger partial charge in [0.25, 0.3) is 5.91 Å². The zero-order valence-electron chi connectivity index (χ0n) is 19.0. The highest BCUT2D eigenvalue weighted by Gasteiger charge is 2.35. The van der Waals surface area contributed by atoms with Crippen LogP contribution in [0, 0.1) is 17.8 Å². The Kier molecular flexibility index (Phi) is 6.31. The van der Waals surface area contributed by atoms with Gasteiger partial charge in [0.05, 0.1) is 5.69 Å². The molecule has 6 rings (SSSR count). The monoisotopic (exact) mass is 436 g/mol. The van der Waals surface area contributed by atoms with Crippen LogP contribution in [0.1, 0.15) is 69.8 Å². The molecule has 2 saturated heterocycles. The van der Waals surface area contributed by atoms with Gasteiger partial charge in [-0.15, -0.1) is 0 Å². The molecule has 6 heteroatoms. The zero-order chi connectivity index (χ0) is 22.1. The summed E-state index contributed by atoms with van der Waals surface area (Å²) in [6.07, 6.45) is 11.1. The molecule has 6 nitrogen and oxygen atoms in total. The molecule has 4 fully saturated rings. The SMILES string of the molecule is N[C@H]1N=C(CC2CCCCC2)c2ccccc2N(CC(=O)N2CC3CCC(CC3)C2)C1=O. The number of aliphatic imine (C=N–C) groups is 1. The Hall–Kier alpha value is -2.21. The molecule has 0 unspecified atom stereocenters. The van der Waals surface area contributed by atoms with Gasteiger partial charge in [0.2, 0.25) is 5.91 Å². The zero-order valence-corrected chi connectivity index (χ0v) is 19.0. The minimum atomic E-state index is -0.950. The summed E-state index contributed by atoms with van der Waals surface area (Å²) in [5.41, 5.74) is 8.94. The van der Waals surface area contributed by atoms with E-state index in [-0.39, 0.29) is 18.4 Å². The molecule has 1 aromatic rings. The second kappa shape index (κ2) is 9.34. The predicted octanol–water partition coefficient (Wildman–Crippen LogP) is 3.73. The Bertz CT molecular complexity index is 870. The highest BCUT2D eigenvalue weighted by atomic mass is 16.2. The Morgan fingerprint density at radius 1 is 0.969 bits per heavy atom. The number of benzodiazepines with no additional fused rings is 1. The molecule has 2 amide bonds. The first-order chi connectivity index (χ1) is 15.6. The lowest BCUT2D eigenvalue weighted by atomic mass is 9.84. The summed E-state index contributed by atoms with van der Waals surface area (Å²) in [5.74, 6) is 1.57. The summed E-state index contributed by atoms with van der Waals surface area (Å²) >= 11 is 0. The Morgan fingerprint density at radius 3 is 2.31 bits per heavy atom. The van der Waals surface area contributed by atoms with Crippen molar-refractivity contribution < 1.29 is 9.59 Å². The van der Waals surface area contributed by atoms with E-state index in [9.17, 15) is 9.59 Å². The fraction of sp³-hybridized carbons (Fsp3) is 0.654. The lowest BCUT2D eigenvalue weighted by Gasteiger charge is -2.29. The molecule has 3 heterocycles. The van der Waals surface area contributed by atoms with Gasteiger partial charge in [-0.2, -0.15) is 0 Å². The number of rotatable bonds is 4. The van der Waals surface area contributed by atoms with Crippen LogP contribution in [0.2, 0.25) is 0 Å². The van der Waals surface area contributed by atoms with Crippen molar-refractivity contribution in [2.24, 2.45) is 28.5 Å². The van der Waals surface area contributed by atoms with Gasteiger partial charge in [-0.25, -0.2) is 0 Å². The maximum Gasteiger partial charge on any atom is 0.266 e. The number of hydrogen-bond acceptors (Lipinski definition) is 4. The lowest BCUT2D eigenvalue weighted by Crippen LogP contribution is -2.48. The quantitative estimate of drug-likeness (QED) is 0.781. The number of anilines is 1. The smallest absolute Gasteiger partial charge is 0.266 e. The summed E-state index contributed by atoms with van der Waals surface area (Å²) < 4.78 is 0. The van der Waals surface area contributed by atoms with Crippen molar-refractivity contribution in [2.75, 3.05) is 24.5 Å². The first-order valence-electron chi connectivity index (χ1n) is 12.6. The minimum Gasteiger partial charge on any atom is -0.341 e. The molecule has 0 aromatic heterocycles. The van der Waals surface area contributed by atoms with Crippen LogP contribution in [-0.2, 0) is 9.59 Å². The van der Waals surface area contributed by atoms with Crippen LogP contribution in [-0.4, -0.2) is 48.2 Å². The van der Waals surface area contributed by atoms with Crippen molar-refractivity contribution in [2.45, 2.75) is 70.4 Å². The maximum absolute atomic E-state index is 13.4. The van der Waals surface area contributed by atoms with Gasteiger partial charge in [-0.3, -0.25) is 19.5 Å². The number of fused-ring (bicyclic) bond motifs is 5. The molecule has 2 aliphatic carbocycles. The maximum atomic E-state index is 13.4. The molecular weight excluding hydrogens is 400 g/mol. The first kappa shape index (κ1) is 21.6. The van der Waals surface area contributed by atoms with Crippen LogP contribution < -0.4 is 10.6 Å². The van der Waals surface area contributed by atoms with Crippen molar-refractivity contribution in [3.05, 3.63) is 29.8 Å². The molecule has 1 atom stereocenters. The molecule has 32 heavy (non-hydrogen) atoms. The number of amides is 2. The number of nitrogens with zero attached hydrogens (tertiary/aromatic N) is 3. The van der Waals surface area contributed by atoms with E-state index in [4.69, 9.17) is 5.73 Å². The molecule has 1 aromatic carbocycles.